The van der Waals surface area contributed by atoms with E-state index in [4.69, 9.17) is 17.0 Å². The van der Waals surface area contributed by atoms with Crippen molar-refractivity contribution in [3.8, 4) is 0 Å². The number of nitrogens with one attached hydrogen (secondary N) is 1. The molecule has 0 aromatic carbocycles. The summed E-state index contributed by atoms with van der Waals surface area (Å²) in [7, 11) is 1.88. The predicted octanol–water partition coefficient (Wildman–Crippen LogP) is 1.12. The van der Waals surface area contributed by atoms with Gasteiger partial charge in [-0.15, -0.1) is 0 Å². The van der Waals surface area contributed by atoms with Crippen LogP contribution in [0.3, 0.4) is 0 Å². The minimum Gasteiger partial charge on any atom is -0.450 e. The maximum absolute atomic E-state index is 11.4. The molecule has 1 atom stereocenters. The average Bonchev–Trinajstić information content (AvgIpc) is 2.71. The number of carbonyl (C=O) groups is 1. The van der Waals surface area contributed by atoms with Crippen LogP contribution in [0.15, 0.2) is 6.33 Å². The zero-order valence-corrected chi connectivity index (χ0v) is 12.7. The van der Waals surface area contributed by atoms with Crippen molar-refractivity contribution in [1.82, 2.24) is 24.6 Å². The topological polar surface area (TPSA) is 64.3 Å². The van der Waals surface area contributed by atoms with Crippen molar-refractivity contribution in [2.24, 2.45) is 7.05 Å². The number of likely N-dealkylation sites (tertiary alicyclic amines) is 1. The molecule has 0 spiro atoms. The molecule has 1 aromatic heterocycles. The lowest BCUT2D eigenvalue weighted by Crippen LogP contribution is -2.48. The van der Waals surface area contributed by atoms with Gasteiger partial charge in [-0.3, -0.25) is 4.90 Å². The quantitative estimate of drug-likeness (QED) is 0.844. The van der Waals surface area contributed by atoms with Gasteiger partial charge in [-0.1, -0.05) is 0 Å². The number of hydrogen-bond donors (Lipinski definition) is 1. The van der Waals surface area contributed by atoms with Crippen LogP contribution >= 0.6 is 12.2 Å². The number of carbonyl (C=O) groups excluding carboxylic acids is 1. The molecule has 8 heteroatoms. The van der Waals surface area contributed by atoms with Gasteiger partial charge in [0.2, 0.25) is 0 Å². The van der Waals surface area contributed by atoms with E-state index in [2.05, 4.69) is 15.3 Å². The van der Waals surface area contributed by atoms with Crippen molar-refractivity contribution in [2.45, 2.75) is 32.5 Å². The number of amides is 1. The van der Waals surface area contributed by atoms with Crippen molar-refractivity contribution in [3.05, 3.63) is 11.1 Å². The van der Waals surface area contributed by atoms with Crippen LogP contribution in [0.4, 0.5) is 4.79 Å². The molecule has 1 aromatic rings. The molecule has 0 saturated carbocycles. The number of hydrogen-bond acceptors (Lipinski definition) is 5. The SMILES string of the molecule is CCOC(=O)N[C@H]1CCCN(Cn2ncn(C)c2=S)C1. The molecular weight excluding hydrogens is 278 g/mol. The Balaban J connectivity index is 1.89. The molecule has 0 radical (unpaired) electrons. The third-order valence-corrected chi connectivity index (χ3v) is 3.82. The molecule has 0 unspecified atom stereocenters. The Morgan fingerprint density at radius 1 is 1.65 bits per heavy atom. The second kappa shape index (κ2) is 6.85. The van der Waals surface area contributed by atoms with Gasteiger partial charge in [0.05, 0.1) is 13.3 Å². The molecule has 1 saturated heterocycles. The van der Waals surface area contributed by atoms with Gasteiger partial charge in [-0.05, 0) is 32.0 Å². The van der Waals surface area contributed by atoms with Crippen LogP contribution in [-0.2, 0) is 18.5 Å². The van der Waals surface area contributed by atoms with Gasteiger partial charge in [-0.2, -0.15) is 5.10 Å². The Morgan fingerprint density at radius 2 is 2.45 bits per heavy atom. The third kappa shape index (κ3) is 3.80. The average molecular weight is 299 g/mol. The standard InChI is InChI=1S/C12H21N5O2S/c1-3-19-11(18)14-10-5-4-6-16(7-10)9-17-12(20)15(2)8-13-17/h8,10H,3-7,9H2,1-2H3,(H,14,18)/t10-/m0/s1. The van der Waals surface area contributed by atoms with Crippen LogP contribution < -0.4 is 5.32 Å². The van der Waals surface area contributed by atoms with Crippen molar-refractivity contribution in [1.29, 1.82) is 0 Å². The van der Waals surface area contributed by atoms with E-state index in [0.717, 1.165) is 25.9 Å². The molecule has 7 nitrogen and oxygen atoms in total. The number of aryl methyl sites for hydroxylation is 1. The molecule has 1 aliphatic heterocycles. The molecular formula is C12H21N5O2S. The lowest BCUT2D eigenvalue weighted by Gasteiger charge is -2.32. The molecule has 20 heavy (non-hydrogen) atoms. The highest BCUT2D eigenvalue weighted by Gasteiger charge is 2.22. The highest BCUT2D eigenvalue weighted by Crippen LogP contribution is 2.11. The summed E-state index contributed by atoms with van der Waals surface area (Å²) in [4.78, 5) is 13.7. The van der Waals surface area contributed by atoms with Gasteiger partial charge < -0.3 is 14.6 Å². The maximum Gasteiger partial charge on any atom is 0.407 e. The van der Waals surface area contributed by atoms with Gasteiger partial charge in [-0.25, -0.2) is 9.48 Å². The summed E-state index contributed by atoms with van der Waals surface area (Å²) in [5.41, 5.74) is 0. The molecule has 2 heterocycles. The van der Waals surface area contributed by atoms with Crippen LogP contribution in [0.25, 0.3) is 0 Å². The summed E-state index contributed by atoms with van der Waals surface area (Å²) in [6.45, 7) is 4.62. The fourth-order valence-electron chi connectivity index (χ4n) is 2.35. The van der Waals surface area contributed by atoms with E-state index in [-0.39, 0.29) is 12.1 Å². The molecule has 0 aliphatic carbocycles. The first-order valence-corrected chi connectivity index (χ1v) is 7.25. The third-order valence-electron chi connectivity index (χ3n) is 3.32. The Hall–Kier alpha value is -1.41. The van der Waals surface area contributed by atoms with E-state index >= 15 is 0 Å². The fourth-order valence-corrected chi connectivity index (χ4v) is 2.50. The Labute approximate surface area is 123 Å². The van der Waals surface area contributed by atoms with E-state index < -0.39 is 0 Å². The molecule has 1 aliphatic rings. The van der Waals surface area contributed by atoms with Crippen LogP contribution in [0, 0.1) is 4.77 Å². The second-order valence-corrected chi connectivity index (χ2v) is 5.31. The van der Waals surface area contributed by atoms with Gasteiger partial charge in [0.15, 0.2) is 4.77 Å². The Bertz CT molecular complexity index is 512. The first-order valence-electron chi connectivity index (χ1n) is 6.84. The van der Waals surface area contributed by atoms with Crippen LogP contribution in [0.2, 0.25) is 0 Å². The summed E-state index contributed by atoms with van der Waals surface area (Å²) in [6.07, 6.45) is 3.38. The maximum atomic E-state index is 11.4. The lowest BCUT2D eigenvalue weighted by atomic mass is 10.1. The monoisotopic (exact) mass is 299 g/mol. The Kier molecular flexibility index (Phi) is 5.13. The lowest BCUT2D eigenvalue weighted by molar-refractivity contribution is 0.121. The van der Waals surface area contributed by atoms with Gasteiger partial charge in [0.25, 0.3) is 0 Å². The van der Waals surface area contributed by atoms with Crippen molar-refractivity contribution < 1.29 is 9.53 Å². The van der Waals surface area contributed by atoms with Crippen LogP contribution in [-0.4, -0.2) is 51.1 Å². The summed E-state index contributed by atoms with van der Waals surface area (Å²) in [5.74, 6) is 0. The first kappa shape index (κ1) is 15.0. The van der Waals surface area contributed by atoms with Crippen LogP contribution in [0.5, 0.6) is 0 Å². The van der Waals surface area contributed by atoms with Gasteiger partial charge in [0, 0.05) is 26.2 Å². The van der Waals surface area contributed by atoms with Gasteiger partial charge >= 0.3 is 6.09 Å². The van der Waals surface area contributed by atoms with E-state index in [0.29, 0.717) is 18.0 Å². The molecule has 1 amide bonds. The van der Waals surface area contributed by atoms with Crippen molar-refractivity contribution in [3.63, 3.8) is 0 Å². The molecule has 2 rings (SSSR count). The molecule has 112 valence electrons. The van der Waals surface area contributed by atoms with Crippen LogP contribution in [0.1, 0.15) is 19.8 Å². The predicted molar refractivity (Wildman–Crippen MR) is 76.8 cm³/mol. The van der Waals surface area contributed by atoms with Gasteiger partial charge in [0.1, 0.15) is 6.33 Å². The zero-order chi connectivity index (χ0) is 14.5. The fraction of sp³-hybridized carbons (Fsp3) is 0.750. The van der Waals surface area contributed by atoms with Crippen molar-refractivity contribution in [2.75, 3.05) is 19.7 Å². The Morgan fingerprint density at radius 3 is 3.10 bits per heavy atom. The van der Waals surface area contributed by atoms with E-state index in [1.807, 2.05) is 11.6 Å². The molecule has 1 N–H and O–H groups in total. The highest BCUT2D eigenvalue weighted by atomic mass is 32.1. The number of nitrogens with zero attached hydrogens (tertiary/aromatic N) is 4. The summed E-state index contributed by atoms with van der Waals surface area (Å²) < 4.78 is 9.22. The highest BCUT2D eigenvalue weighted by molar-refractivity contribution is 7.71. The number of rotatable bonds is 4. The van der Waals surface area contributed by atoms with E-state index in [1.165, 1.54) is 0 Å². The zero-order valence-electron chi connectivity index (χ0n) is 11.9. The molecule has 0 bridgehead atoms. The smallest absolute Gasteiger partial charge is 0.407 e. The largest absolute Gasteiger partial charge is 0.450 e. The van der Waals surface area contributed by atoms with E-state index in [1.54, 1.807) is 17.9 Å². The van der Waals surface area contributed by atoms with E-state index in [9.17, 15) is 4.79 Å². The normalized spacial score (nSPS) is 19.8. The summed E-state index contributed by atoms with van der Waals surface area (Å²) in [6, 6.07) is 0.126. The number of piperidine rings is 1. The minimum atomic E-state index is -0.339. The minimum absolute atomic E-state index is 0.126. The second-order valence-electron chi connectivity index (χ2n) is 4.95. The number of alkyl carbamates (subject to hydrolysis) is 1. The molecule has 1 fully saturated rings. The number of aromatic nitrogens is 3. The number of ether oxygens (including phenoxy) is 1. The summed E-state index contributed by atoms with van der Waals surface area (Å²) >= 11 is 5.28. The first-order chi connectivity index (χ1) is 9.60. The summed E-state index contributed by atoms with van der Waals surface area (Å²) in [5, 5.41) is 7.14. The van der Waals surface area contributed by atoms with Crippen molar-refractivity contribution >= 4 is 18.3 Å².